The molecule has 8 nitrogen and oxygen atoms in total. The summed E-state index contributed by atoms with van der Waals surface area (Å²) in [5.41, 5.74) is -0.653. The highest BCUT2D eigenvalue weighted by atomic mass is 35.5. The van der Waals surface area contributed by atoms with Gasteiger partial charge in [-0.1, -0.05) is 0 Å². The number of amides is 1. The number of nitro groups is 1. The van der Waals surface area contributed by atoms with Gasteiger partial charge < -0.3 is 10.6 Å². The summed E-state index contributed by atoms with van der Waals surface area (Å²) >= 11 is 0. The van der Waals surface area contributed by atoms with Crippen molar-refractivity contribution in [3.05, 3.63) is 38.8 Å². The zero-order valence-corrected chi connectivity index (χ0v) is 12.1. The van der Waals surface area contributed by atoms with Gasteiger partial charge in [-0.2, -0.15) is 0 Å². The average molecular weight is 317 g/mol. The van der Waals surface area contributed by atoms with Crippen LogP contribution in [-0.2, 0) is 11.3 Å². The summed E-state index contributed by atoms with van der Waals surface area (Å²) in [7, 11) is 0. The first-order chi connectivity index (χ1) is 9.56. The quantitative estimate of drug-likeness (QED) is 0.589. The van der Waals surface area contributed by atoms with Gasteiger partial charge in [-0.3, -0.25) is 24.3 Å². The van der Waals surface area contributed by atoms with Gasteiger partial charge in [0.15, 0.2) is 0 Å². The first-order valence-electron chi connectivity index (χ1n) is 6.41. The fourth-order valence-corrected chi connectivity index (χ4v) is 2.13. The highest BCUT2D eigenvalue weighted by molar-refractivity contribution is 5.85. The van der Waals surface area contributed by atoms with Crippen LogP contribution in [0.25, 0.3) is 0 Å². The lowest BCUT2D eigenvalue weighted by Crippen LogP contribution is -2.39. The first kappa shape index (κ1) is 17.1. The summed E-state index contributed by atoms with van der Waals surface area (Å²) in [6.07, 6.45) is 3.18. The number of aromatic nitrogens is 1. The Morgan fingerprint density at radius 2 is 2.29 bits per heavy atom. The standard InChI is InChI=1S/C12H16N4O4.ClH/c17-11(14-6-9-2-1-5-13-9)8-15-7-10(16(19)20)3-4-12(15)18;/h3-4,7,9,13H,1-2,5-6,8H2,(H,14,17);1H. The maximum atomic E-state index is 11.7. The van der Waals surface area contributed by atoms with E-state index in [0.717, 1.165) is 42.3 Å². The van der Waals surface area contributed by atoms with Gasteiger partial charge in [0.05, 0.1) is 11.1 Å². The lowest BCUT2D eigenvalue weighted by molar-refractivity contribution is -0.385. The second-order valence-electron chi connectivity index (χ2n) is 4.71. The fourth-order valence-electron chi connectivity index (χ4n) is 2.13. The van der Waals surface area contributed by atoms with E-state index in [1.54, 1.807) is 0 Å². The van der Waals surface area contributed by atoms with Crippen molar-refractivity contribution in [3.8, 4) is 0 Å². The van der Waals surface area contributed by atoms with Gasteiger partial charge in [-0.25, -0.2) is 0 Å². The fraction of sp³-hybridized carbons (Fsp3) is 0.500. The van der Waals surface area contributed by atoms with E-state index in [2.05, 4.69) is 10.6 Å². The zero-order chi connectivity index (χ0) is 14.5. The topological polar surface area (TPSA) is 106 Å². The molecule has 0 aromatic carbocycles. The highest BCUT2D eigenvalue weighted by Crippen LogP contribution is 2.06. The molecule has 2 heterocycles. The minimum atomic E-state index is -0.601. The van der Waals surface area contributed by atoms with Crippen molar-refractivity contribution in [2.45, 2.75) is 25.4 Å². The molecule has 1 aromatic heterocycles. The van der Waals surface area contributed by atoms with Crippen molar-refractivity contribution >= 4 is 24.0 Å². The van der Waals surface area contributed by atoms with E-state index in [1.165, 1.54) is 0 Å². The number of nitrogens with one attached hydrogen (secondary N) is 2. The molecule has 1 fully saturated rings. The van der Waals surface area contributed by atoms with Crippen molar-refractivity contribution in [3.63, 3.8) is 0 Å². The Morgan fingerprint density at radius 1 is 1.52 bits per heavy atom. The van der Waals surface area contributed by atoms with Gasteiger partial charge in [0, 0.05) is 24.7 Å². The number of nitrogens with zero attached hydrogens (tertiary/aromatic N) is 2. The van der Waals surface area contributed by atoms with Crippen LogP contribution in [0, 0.1) is 10.1 Å². The van der Waals surface area contributed by atoms with Crippen LogP contribution in [0.5, 0.6) is 0 Å². The monoisotopic (exact) mass is 316 g/mol. The Bertz CT molecular complexity index is 569. The van der Waals surface area contributed by atoms with Crippen LogP contribution in [0.15, 0.2) is 23.1 Å². The van der Waals surface area contributed by atoms with Gasteiger partial charge in [0.25, 0.3) is 11.2 Å². The van der Waals surface area contributed by atoms with Crippen LogP contribution in [-0.4, -0.2) is 34.5 Å². The SMILES string of the molecule is Cl.O=C(Cn1cc([N+](=O)[O-])ccc1=O)NCC1CCCN1. The maximum Gasteiger partial charge on any atom is 0.285 e. The molecule has 1 aliphatic rings. The molecule has 1 aromatic rings. The Morgan fingerprint density at radius 3 is 2.90 bits per heavy atom. The third-order valence-corrected chi connectivity index (χ3v) is 3.20. The van der Waals surface area contributed by atoms with E-state index in [9.17, 15) is 19.7 Å². The second kappa shape index (κ2) is 7.75. The number of pyridine rings is 1. The van der Waals surface area contributed by atoms with Crippen LogP contribution in [0.4, 0.5) is 5.69 Å². The molecular formula is C12H17ClN4O4. The number of hydrogen-bond donors (Lipinski definition) is 2. The van der Waals surface area contributed by atoms with Gasteiger partial charge in [-0.05, 0) is 19.4 Å². The van der Waals surface area contributed by atoms with E-state index in [-0.39, 0.29) is 36.6 Å². The third-order valence-electron chi connectivity index (χ3n) is 3.20. The van der Waals surface area contributed by atoms with Gasteiger partial charge in [-0.15, -0.1) is 12.4 Å². The van der Waals surface area contributed by atoms with Crippen LogP contribution < -0.4 is 16.2 Å². The average Bonchev–Trinajstić information content (AvgIpc) is 2.92. The zero-order valence-electron chi connectivity index (χ0n) is 11.3. The van der Waals surface area contributed by atoms with E-state index in [1.807, 2.05) is 0 Å². The normalized spacial score (nSPS) is 17.0. The predicted molar refractivity (Wildman–Crippen MR) is 78.6 cm³/mol. The molecule has 21 heavy (non-hydrogen) atoms. The number of carbonyl (C=O) groups is 1. The molecule has 0 saturated carbocycles. The summed E-state index contributed by atoms with van der Waals surface area (Å²) in [6, 6.07) is 2.48. The molecule has 1 saturated heterocycles. The molecule has 2 N–H and O–H groups in total. The second-order valence-corrected chi connectivity index (χ2v) is 4.71. The largest absolute Gasteiger partial charge is 0.353 e. The van der Waals surface area contributed by atoms with E-state index in [4.69, 9.17) is 0 Å². The summed E-state index contributed by atoms with van der Waals surface area (Å²) in [5.74, 6) is -0.332. The van der Waals surface area contributed by atoms with Gasteiger partial charge in [0.1, 0.15) is 6.54 Å². The number of rotatable bonds is 5. The van der Waals surface area contributed by atoms with Crippen molar-refractivity contribution in [2.75, 3.05) is 13.1 Å². The molecule has 0 spiro atoms. The molecule has 0 bridgehead atoms. The molecule has 1 amide bonds. The Labute approximate surface area is 127 Å². The lowest BCUT2D eigenvalue weighted by Gasteiger charge is -2.12. The number of halogens is 1. The molecule has 1 unspecified atom stereocenters. The van der Waals surface area contributed by atoms with Crippen LogP contribution in [0.2, 0.25) is 0 Å². The van der Waals surface area contributed by atoms with E-state index < -0.39 is 10.5 Å². The summed E-state index contributed by atoms with van der Waals surface area (Å²) < 4.78 is 1.04. The lowest BCUT2D eigenvalue weighted by atomic mass is 10.2. The highest BCUT2D eigenvalue weighted by Gasteiger charge is 2.15. The Balaban J connectivity index is 0.00000220. The van der Waals surface area contributed by atoms with Crippen LogP contribution in [0.1, 0.15) is 12.8 Å². The number of hydrogen-bond acceptors (Lipinski definition) is 5. The summed E-state index contributed by atoms with van der Waals surface area (Å²) in [5, 5.41) is 16.6. The molecule has 0 radical (unpaired) electrons. The Hall–Kier alpha value is -1.93. The van der Waals surface area contributed by atoms with Crippen molar-refractivity contribution in [1.29, 1.82) is 0 Å². The van der Waals surface area contributed by atoms with Gasteiger partial charge in [0.2, 0.25) is 5.91 Å². The molecular weight excluding hydrogens is 300 g/mol. The van der Waals surface area contributed by atoms with Gasteiger partial charge >= 0.3 is 0 Å². The van der Waals surface area contributed by atoms with Crippen LogP contribution >= 0.6 is 12.4 Å². The number of carbonyl (C=O) groups excluding carboxylic acids is 1. The van der Waals surface area contributed by atoms with Crippen molar-refractivity contribution in [1.82, 2.24) is 15.2 Å². The molecule has 2 rings (SSSR count). The van der Waals surface area contributed by atoms with Crippen LogP contribution in [0.3, 0.4) is 0 Å². The molecule has 0 aliphatic carbocycles. The first-order valence-corrected chi connectivity index (χ1v) is 6.41. The smallest absolute Gasteiger partial charge is 0.285 e. The predicted octanol–water partition coefficient (Wildman–Crippen LogP) is 0.0465. The van der Waals surface area contributed by atoms with E-state index in [0.29, 0.717) is 6.54 Å². The summed E-state index contributed by atoms with van der Waals surface area (Å²) in [4.78, 5) is 33.3. The Kier molecular flexibility index (Phi) is 6.32. The van der Waals surface area contributed by atoms with E-state index >= 15 is 0 Å². The maximum absolute atomic E-state index is 11.7. The third kappa shape index (κ3) is 4.83. The molecule has 1 aliphatic heterocycles. The molecule has 1 atom stereocenters. The van der Waals surface area contributed by atoms with Crippen molar-refractivity contribution < 1.29 is 9.72 Å². The molecule has 9 heteroatoms. The summed E-state index contributed by atoms with van der Waals surface area (Å²) in [6.45, 7) is 1.24. The minimum absolute atomic E-state index is 0. The minimum Gasteiger partial charge on any atom is -0.353 e. The van der Waals surface area contributed by atoms with Crippen molar-refractivity contribution in [2.24, 2.45) is 0 Å². The molecule has 116 valence electrons.